The molecule has 31 heavy (non-hydrogen) atoms. The highest BCUT2D eigenvalue weighted by atomic mass is 15.4. The van der Waals surface area contributed by atoms with Gasteiger partial charge in [-0.05, 0) is 26.2 Å². The Bertz CT molecular complexity index is 1220. The van der Waals surface area contributed by atoms with E-state index in [2.05, 4.69) is 38.9 Å². The molecule has 10 nitrogen and oxygen atoms in total. The molecule has 3 aliphatic rings. The average molecular weight is 416 g/mol. The number of aromatic nitrogens is 7. The highest BCUT2D eigenvalue weighted by Crippen LogP contribution is 2.48. The zero-order chi connectivity index (χ0) is 21.2. The summed E-state index contributed by atoms with van der Waals surface area (Å²) in [5.74, 6) is 3.23. The summed E-state index contributed by atoms with van der Waals surface area (Å²) < 4.78 is 3.95. The van der Waals surface area contributed by atoms with Crippen molar-refractivity contribution < 1.29 is 0 Å². The second-order valence-corrected chi connectivity index (χ2v) is 8.55. The summed E-state index contributed by atoms with van der Waals surface area (Å²) in [6, 6.07) is 0.459. The van der Waals surface area contributed by atoms with E-state index in [1.54, 1.807) is 12.5 Å². The highest BCUT2D eigenvalue weighted by molar-refractivity contribution is 6.08. The van der Waals surface area contributed by atoms with Crippen molar-refractivity contribution in [3.05, 3.63) is 42.8 Å². The molecule has 10 heteroatoms. The van der Waals surface area contributed by atoms with Crippen LogP contribution in [0.4, 0.5) is 5.82 Å². The standard InChI is InChI=1S/C21H24N10/c1-4-21(2)19-27-25-13-30(19)16-10-24-20(26-18(16)31(21)15-5-6-15)29-8-7-23-17(29)14-9-22-12-28(3)11-14/h7-11,13,15H,4-6,12H2,1-3H3/t21-/m1/s1. The van der Waals surface area contributed by atoms with Gasteiger partial charge in [0.15, 0.2) is 11.6 Å². The molecule has 6 rings (SSSR count). The zero-order valence-corrected chi connectivity index (χ0v) is 17.8. The maximum atomic E-state index is 5.07. The fraction of sp³-hybridized carbons (Fsp3) is 0.429. The quantitative estimate of drug-likeness (QED) is 0.643. The van der Waals surface area contributed by atoms with Crippen molar-refractivity contribution in [2.45, 2.75) is 44.7 Å². The van der Waals surface area contributed by atoms with Gasteiger partial charge in [-0.3, -0.25) is 14.1 Å². The fourth-order valence-corrected chi connectivity index (χ4v) is 4.55. The van der Waals surface area contributed by atoms with Gasteiger partial charge in [-0.2, -0.15) is 4.98 Å². The van der Waals surface area contributed by atoms with Crippen molar-refractivity contribution in [2.75, 3.05) is 18.6 Å². The van der Waals surface area contributed by atoms with E-state index in [0.29, 0.717) is 18.7 Å². The Balaban J connectivity index is 1.51. The number of rotatable bonds is 4. The molecule has 0 aromatic carbocycles. The number of anilines is 1. The van der Waals surface area contributed by atoms with Crippen LogP contribution < -0.4 is 4.90 Å². The monoisotopic (exact) mass is 416 g/mol. The van der Waals surface area contributed by atoms with Crippen LogP contribution in [0.5, 0.6) is 0 Å². The highest BCUT2D eigenvalue weighted by Gasteiger charge is 2.49. The molecule has 0 unspecified atom stereocenters. The summed E-state index contributed by atoms with van der Waals surface area (Å²) in [6.07, 6.45) is 14.4. The van der Waals surface area contributed by atoms with E-state index in [1.165, 1.54) is 0 Å². The molecule has 5 heterocycles. The fourth-order valence-electron chi connectivity index (χ4n) is 4.55. The lowest BCUT2D eigenvalue weighted by Crippen LogP contribution is -2.50. The molecular formula is C21H24N10. The van der Waals surface area contributed by atoms with Crippen LogP contribution in [0.3, 0.4) is 0 Å². The first-order valence-corrected chi connectivity index (χ1v) is 10.6. The van der Waals surface area contributed by atoms with Gasteiger partial charge >= 0.3 is 0 Å². The molecule has 1 aliphatic carbocycles. The predicted molar refractivity (Wildman–Crippen MR) is 116 cm³/mol. The van der Waals surface area contributed by atoms with E-state index < -0.39 is 0 Å². The molecule has 1 fully saturated rings. The Kier molecular flexibility index (Phi) is 3.80. The van der Waals surface area contributed by atoms with Crippen LogP contribution >= 0.6 is 0 Å². The lowest BCUT2D eigenvalue weighted by molar-refractivity contribution is 0.372. The topological polar surface area (TPSA) is 93.1 Å². The van der Waals surface area contributed by atoms with Crippen LogP contribution in [-0.4, -0.2) is 65.2 Å². The van der Waals surface area contributed by atoms with E-state index in [0.717, 1.165) is 48.0 Å². The molecule has 0 bridgehead atoms. The normalized spacial score (nSPS) is 22.4. The average Bonchev–Trinajstić information content (AvgIpc) is 3.27. The van der Waals surface area contributed by atoms with Crippen molar-refractivity contribution in [3.8, 4) is 11.6 Å². The largest absolute Gasteiger partial charge is 0.361 e. The molecule has 3 aromatic rings. The first kappa shape index (κ1) is 18.2. The number of fused-ring (bicyclic) bond motifs is 3. The van der Waals surface area contributed by atoms with E-state index in [4.69, 9.17) is 9.97 Å². The van der Waals surface area contributed by atoms with Crippen LogP contribution in [0.1, 0.15) is 44.8 Å². The van der Waals surface area contributed by atoms with Crippen LogP contribution in [0.2, 0.25) is 0 Å². The van der Waals surface area contributed by atoms with Gasteiger partial charge in [0, 0.05) is 37.9 Å². The molecule has 3 aromatic heterocycles. The van der Waals surface area contributed by atoms with Gasteiger partial charge in [0.25, 0.3) is 0 Å². The van der Waals surface area contributed by atoms with Gasteiger partial charge in [0.05, 0.1) is 17.3 Å². The predicted octanol–water partition coefficient (Wildman–Crippen LogP) is 2.17. The summed E-state index contributed by atoms with van der Waals surface area (Å²) in [7, 11) is 2.00. The molecular weight excluding hydrogens is 392 g/mol. The van der Waals surface area contributed by atoms with Crippen molar-refractivity contribution >= 4 is 17.6 Å². The van der Waals surface area contributed by atoms with Crippen LogP contribution in [0.25, 0.3) is 17.2 Å². The Hall–Kier alpha value is -3.56. The molecule has 0 saturated heterocycles. The number of aliphatic imine (C=N–C) groups is 1. The number of hydrogen-bond acceptors (Lipinski definition) is 8. The third-order valence-electron chi connectivity index (χ3n) is 6.40. The van der Waals surface area contributed by atoms with Crippen molar-refractivity contribution in [3.63, 3.8) is 0 Å². The first-order chi connectivity index (χ1) is 15.1. The van der Waals surface area contributed by atoms with Gasteiger partial charge in [-0.1, -0.05) is 6.92 Å². The lowest BCUT2D eigenvalue weighted by atomic mass is 9.92. The Morgan fingerprint density at radius 2 is 2.06 bits per heavy atom. The summed E-state index contributed by atoms with van der Waals surface area (Å²) in [4.78, 5) is 23.2. The van der Waals surface area contributed by atoms with E-state index >= 15 is 0 Å². The van der Waals surface area contributed by atoms with Gasteiger partial charge < -0.3 is 9.80 Å². The first-order valence-electron chi connectivity index (χ1n) is 10.6. The van der Waals surface area contributed by atoms with Gasteiger partial charge in [0.1, 0.15) is 24.5 Å². The smallest absolute Gasteiger partial charge is 0.237 e. The van der Waals surface area contributed by atoms with Crippen LogP contribution in [0, 0.1) is 0 Å². The SMILES string of the molecule is CC[C@]1(C)c2nncn2-c2cnc(-n3ccnc3C3=CN(C)CN=C3)nc2N1C1CC1. The minimum absolute atomic E-state index is 0.269. The minimum Gasteiger partial charge on any atom is -0.361 e. The van der Waals surface area contributed by atoms with E-state index in [1.807, 2.05) is 45.9 Å². The number of imidazole rings is 1. The van der Waals surface area contributed by atoms with E-state index in [-0.39, 0.29) is 5.54 Å². The molecule has 2 aliphatic heterocycles. The summed E-state index contributed by atoms with van der Waals surface area (Å²) in [5, 5.41) is 8.67. The molecule has 0 spiro atoms. The molecule has 1 saturated carbocycles. The Morgan fingerprint density at radius 3 is 2.84 bits per heavy atom. The Morgan fingerprint density at radius 1 is 1.19 bits per heavy atom. The van der Waals surface area contributed by atoms with Crippen LogP contribution in [0.15, 0.2) is 36.1 Å². The molecule has 0 N–H and O–H groups in total. The van der Waals surface area contributed by atoms with Crippen LogP contribution in [-0.2, 0) is 5.54 Å². The van der Waals surface area contributed by atoms with Crippen molar-refractivity contribution in [1.29, 1.82) is 0 Å². The number of hydrogen-bond donors (Lipinski definition) is 0. The third kappa shape index (κ3) is 2.63. The molecule has 1 atom stereocenters. The molecule has 158 valence electrons. The molecule has 0 amide bonds. The maximum absolute atomic E-state index is 5.07. The van der Waals surface area contributed by atoms with E-state index in [9.17, 15) is 0 Å². The second kappa shape index (κ2) is 6.47. The second-order valence-electron chi connectivity index (χ2n) is 8.55. The van der Waals surface area contributed by atoms with Crippen molar-refractivity contribution in [1.82, 2.24) is 39.2 Å². The number of nitrogens with zero attached hydrogens (tertiary/aromatic N) is 10. The lowest BCUT2D eigenvalue weighted by Gasteiger charge is -2.45. The van der Waals surface area contributed by atoms with Gasteiger partial charge in [-0.15, -0.1) is 10.2 Å². The third-order valence-corrected chi connectivity index (χ3v) is 6.40. The van der Waals surface area contributed by atoms with Crippen molar-refractivity contribution in [2.24, 2.45) is 4.99 Å². The number of allylic oxidation sites excluding steroid dienone is 1. The maximum Gasteiger partial charge on any atom is 0.237 e. The van der Waals surface area contributed by atoms with Gasteiger partial charge in [-0.25, -0.2) is 9.97 Å². The Labute approximate surface area is 180 Å². The zero-order valence-electron chi connectivity index (χ0n) is 17.8. The summed E-state index contributed by atoms with van der Waals surface area (Å²) in [5.41, 5.74) is 1.58. The molecule has 0 radical (unpaired) electrons. The minimum atomic E-state index is -0.269. The van der Waals surface area contributed by atoms with Gasteiger partial charge in [0.2, 0.25) is 5.95 Å². The summed E-state index contributed by atoms with van der Waals surface area (Å²) >= 11 is 0. The summed E-state index contributed by atoms with van der Waals surface area (Å²) in [6.45, 7) is 5.08.